The van der Waals surface area contributed by atoms with E-state index >= 15 is 0 Å². The Morgan fingerprint density at radius 2 is 1.44 bits per heavy atom. The second-order valence-corrected chi connectivity index (χ2v) is 10.5. The molecule has 1 saturated carbocycles. The van der Waals surface area contributed by atoms with Crippen molar-refractivity contribution in [3.8, 4) is 0 Å². The first-order valence-electron chi connectivity index (χ1n) is 12.7. The van der Waals surface area contributed by atoms with Gasteiger partial charge in [-0.15, -0.1) is 0 Å². The van der Waals surface area contributed by atoms with Gasteiger partial charge < -0.3 is 33.5 Å². The summed E-state index contributed by atoms with van der Waals surface area (Å²) >= 11 is 0. The van der Waals surface area contributed by atoms with Crippen molar-refractivity contribution in [2.45, 2.75) is 68.8 Å². The number of rotatable bonds is 9. The monoisotopic (exact) mass is 498 g/mol. The molecule has 7 heteroatoms. The number of fused-ring (bicyclic) bond motifs is 1. The largest absolute Gasteiger partial charge is 0.391 e. The zero-order chi connectivity index (χ0) is 25.4. The molecule has 2 aromatic carbocycles. The minimum absolute atomic E-state index is 0.0593. The van der Waals surface area contributed by atoms with Gasteiger partial charge in [0, 0.05) is 32.5 Å². The average Bonchev–Trinajstić information content (AvgIpc) is 3.28. The van der Waals surface area contributed by atoms with Crippen molar-refractivity contribution >= 4 is 0 Å². The minimum Gasteiger partial charge on any atom is -0.391 e. The summed E-state index contributed by atoms with van der Waals surface area (Å²) in [5.41, 5.74) is 0.879. The van der Waals surface area contributed by atoms with E-state index in [-0.39, 0.29) is 24.5 Å². The Labute approximate surface area is 213 Å². The van der Waals surface area contributed by atoms with Gasteiger partial charge in [-0.25, -0.2) is 0 Å². The van der Waals surface area contributed by atoms with Crippen molar-refractivity contribution in [1.82, 2.24) is 0 Å². The summed E-state index contributed by atoms with van der Waals surface area (Å²) in [6.07, 6.45) is -1.08. The van der Waals surface area contributed by atoms with E-state index in [4.69, 9.17) is 28.4 Å². The third kappa shape index (κ3) is 4.21. The van der Waals surface area contributed by atoms with Crippen molar-refractivity contribution < 1.29 is 33.5 Å². The number of benzene rings is 2. The molecule has 2 saturated heterocycles. The molecule has 8 atom stereocenters. The maximum absolute atomic E-state index is 10.5. The van der Waals surface area contributed by atoms with E-state index in [1.807, 2.05) is 60.7 Å². The van der Waals surface area contributed by atoms with Crippen LogP contribution in [0, 0.1) is 11.8 Å². The SMILES string of the molecule is COC1(C)[C@H]2[C@@H]([C@@H](OCc3ccccc3)[C@]3(C[C@@H](O)CO3)O[C@H]2COCc2ccccc2)C1(C)OC. The van der Waals surface area contributed by atoms with Crippen LogP contribution in [0.3, 0.4) is 0 Å². The lowest BCUT2D eigenvalue weighted by Crippen LogP contribution is -2.84. The molecule has 2 aromatic rings. The zero-order valence-corrected chi connectivity index (χ0v) is 21.6. The van der Waals surface area contributed by atoms with Crippen LogP contribution in [0.2, 0.25) is 0 Å². The smallest absolute Gasteiger partial charge is 0.198 e. The first-order valence-corrected chi connectivity index (χ1v) is 12.7. The van der Waals surface area contributed by atoms with Gasteiger partial charge in [0.1, 0.15) is 6.10 Å². The van der Waals surface area contributed by atoms with Crippen LogP contribution in [0.4, 0.5) is 0 Å². The van der Waals surface area contributed by atoms with Crippen LogP contribution in [-0.4, -0.2) is 67.8 Å². The van der Waals surface area contributed by atoms with Crippen molar-refractivity contribution in [2.75, 3.05) is 27.4 Å². The molecule has 3 aliphatic rings. The summed E-state index contributed by atoms with van der Waals surface area (Å²) in [5.74, 6) is -1.25. The van der Waals surface area contributed by atoms with E-state index in [9.17, 15) is 5.11 Å². The summed E-state index contributed by atoms with van der Waals surface area (Å²) in [6, 6.07) is 20.1. The highest BCUT2D eigenvalue weighted by molar-refractivity contribution is 5.26. The van der Waals surface area contributed by atoms with Gasteiger partial charge >= 0.3 is 0 Å². The van der Waals surface area contributed by atoms with Gasteiger partial charge in [-0.05, 0) is 25.0 Å². The predicted molar refractivity (Wildman–Crippen MR) is 133 cm³/mol. The molecule has 196 valence electrons. The molecule has 2 aliphatic heterocycles. The molecule has 0 amide bonds. The summed E-state index contributed by atoms with van der Waals surface area (Å²) in [6.45, 7) is 5.59. The lowest BCUT2D eigenvalue weighted by Gasteiger charge is -2.71. The number of methoxy groups -OCH3 is 2. The van der Waals surface area contributed by atoms with Crippen LogP contribution in [0.25, 0.3) is 0 Å². The summed E-state index contributed by atoms with van der Waals surface area (Å²) in [4.78, 5) is 0. The number of ether oxygens (including phenoxy) is 6. The molecule has 5 rings (SSSR count). The standard InChI is InChI=1S/C29H38O7/c1-27(31-3)24-23(19-33-16-20-11-7-5-8-12-20)36-29(15-22(30)18-35-29)26(25(24)28(27,2)32-4)34-17-21-13-9-6-10-14-21/h5-14,22-26,30H,15-19H2,1-4H3/t22-,23+,24-,25+,26-,27?,28?,29+/m1/s1. The van der Waals surface area contributed by atoms with Gasteiger partial charge in [-0.1, -0.05) is 60.7 Å². The van der Waals surface area contributed by atoms with Crippen LogP contribution in [-0.2, 0) is 41.6 Å². The molecule has 1 N–H and O–H groups in total. The topological polar surface area (TPSA) is 75.6 Å². The Morgan fingerprint density at radius 1 is 0.861 bits per heavy atom. The first kappa shape index (κ1) is 25.8. The van der Waals surface area contributed by atoms with Crippen LogP contribution in [0.15, 0.2) is 60.7 Å². The van der Waals surface area contributed by atoms with Gasteiger partial charge in [0.15, 0.2) is 5.79 Å². The summed E-state index contributed by atoms with van der Waals surface area (Å²) in [7, 11) is 3.44. The third-order valence-electron chi connectivity index (χ3n) is 8.71. The second kappa shape index (κ2) is 10.1. The quantitative estimate of drug-likeness (QED) is 0.565. The number of hydrogen-bond acceptors (Lipinski definition) is 7. The highest BCUT2D eigenvalue weighted by Gasteiger charge is 2.78. The van der Waals surface area contributed by atoms with Crippen LogP contribution >= 0.6 is 0 Å². The highest BCUT2D eigenvalue weighted by Crippen LogP contribution is 2.64. The molecule has 2 heterocycles. The fraction of sp³-hybridized carbons (Fsp3) is 0.586. The van der Waals surface area contributed by atoms with Crippen molar-refractivity contribution in [3.63, 3.8) is 0 Å². The van der Waals surface area contributed by atoms with E-state index in [0.29, 0.717) is 26.2 Å². The van der Waals surface area contributed by atoms with Gasteiger partial charge in [-0.3, -0.25) is 0 Å². The van der Waals surface area contributed by atoms with Crippen molar-refractivity contribution in [2.24, 2.45) is 11.8 Å². The minimum atomic E-state index is -1.09. The van der Waals surface area contributed by atoms with E-state index in [1.165, 1.54) is 0 Å². The first-order chi connectivity index (χ1) is 17.4. The Kier molecular flexibility index (Phi) is 7.26. The normalized spacial score (nSPS) is 39.6. The lowest BCUT2D eigenvalue weighted by molar-refractivity contribution is -0.435. The molecule has 3 fully saturated rings. The number of aliphatic hydroxyl groups is 1. The van der Waals surface area contributed by atoms with E-state index in [1.54, 1.807) is 14.2 Å². The Hall–Kier alpha value is -1.84. The van der Waals surface area contributed by atoms with E-state index < -0.39 is 29.2 Å². The fourth-order valence-corrected chi connectivity index (χ4v) is 6.62. The third-order valence-corrected chi connectivity index (χ3v) is 8.71. The van der Waals surface area contributed by atoms with Crippen LogP contribution < -0.4 is 0 Å². The zero-order valence-electron chi connectivity index (χ0n) is 21.6. The second-order valence-electron chi connectivity index (χ2n) is 10.5. The van der Waals surface area contributed by atoms with Gasteiger partial charge in [0.05, 0.1) is 49.8 Å². The van der Waals surface area contributed by atoms with Gasteiger partial charge in [0.25, 0.3) is 0 Å². The van der Waals surface area contributed by atoms with Crippen LogP contribution in [0.1, 0.15) is 31.4 Å². The maximum Gasteiger partial charge on any atom is 0.198 e. The Bertz CT molecular complexity index is 1000. The average molecular weight is 499 g/mol. The van der Waals surface area contributed by atoms with Crippen LogP contribution in [0.5, 0.6) is 0 Å². The van der Waals surface area contributed by atoms with Crippen molar-refractivity contribution in [1.29, 1.82) is 0 Å². The predicted octanol–water partition coefficient (Wildman–Crippen LogP) is 3.72. The number of aliphatic hydroxyl groups excluding tert-OH is 1. The molecule has 1 spiro atoms. The lowest BCUT2D eigenvalue weighted by atomic mass is 9.46. The Morgan fingerprint density at radius 3 is 2.00 bits per heavy atom. The molecule has 7 nitrogen and oxygen atoms in total. The molecule has 1 aliphatic carbocycles. The summed E-state index contributed by atoms with van der Waals surface area (Å²) in [5, 5.41) is 10.5. The van der Waals surface area contributed by atoms with Crippen molar-refractivity contribution in [3.05, 3.63) is 71.8 Å². The number of hydrogen-bond donors (Lipinski definition) is 1. The fourth-order valence-electron chi connectivity index (χ4n) is 6.62. The molecule has 0 aromatic heterocycles. The molecule has 36 heavy (non-hydrogen) atoms. The summed E-state index contributed by atoms with van der Waals surface area (Å²) < 4.78 is 38.0. The van der Waals surface area contributed by atoms with Gasteiger partial charge in [0.2, 0.25) is 0 Å². The van der Waals surface area contributed by atoms with Gasteiger partial charge in [-0.2, -0.15) is 0 Å². The molecule has 0 radical (unpaired) electrons. The maximum atomic E-state index is 10.5. The highest BCUT2D eigenvalue weighted by atomic mass is 16.7. The Balaban J connectivity index is 1.44. The molecule has 2 unspecified atom stereocenters. The van der Waals surface area contributed by atoms with E-state index in [2.05, 4.69) is 13.8 Å². The molecule has 0 bridgehead atoms. The molecular weight excluding hydrogens is 460 g/mol. The molecular formula is C29H38O7. The van der Waals surface area contributed by atoms with E-state index in [0.717, 1.165) is 11.1 Å².